The Bertz CT molecular complexity index is 650. The highest BCUT2D eigenvalue weighted by Gasteiger charge is 2.18. The second-order valence-corrected chi connectivity index (χ2v) is 3.80. The van der Waals surface area contributed by atoms with E-state index in [0.717, 1.165) is 0 Å². The first-order valence-corrected chi connectivity index (χ1v) is 5.26. The highest BCUT2D eigenvalue weighted by molar-refractivity contribution is 5.89. The van der Waals surface area contributed by atoms with Gasteiger partial charge in [0.05, 0.1) is 10.5 Å². The van der Waals surface area contributed by atoms with Gasteiger partial charge in [-0.15, -0.1) is 5.10 Å². The molecule has 0 saturated carbocycles. The third kappa shape index (κ3) is 2.68. The average Bonchev–Trinajstić information content (AvgIpc) is 2.70. The number of nitrogens with zero attached hydrogens (tertiary/aromatic N) is 3. The molecule has 8 heteroatoms. The van der Waals surface area contributed by atoms with Crippen LogP contribution in [0.2, 0.25) is 0 Å². The number of rotatable bonds is 4. The monoisotopic (exact) mass is 262 g/mol. The lowest BCUT2D eigenvalue weighted by molar-refractivity contribution is -0.384. The zero-order valence-electron chi connectivity index (χ0n) is 9.90. The van der Waals surface area contributed by atoms with Crippen LogP contribution in [0.15, 0.2) is 30.5 Å². The van der Waals surface area contributed by atoms with Crippen LogP contribution in [0.25, 0.3) is 0 Å². The Balaban J connectivity index is 2.33. The van der Waals surface area contributed by atoms with E-state index in [2.05, 4.69) is 10.4 Å². The summed E-state index contributed by atoms with van der Waals surface area (Å²) in [6.45, 7) is 0. The molecule has 19 heavy (non-hydrogen) atoms. The second kappa shape index (κ2) is 4.77. The molecule has 2 rings (SSSR count). The fourth-order valence-corrected chi connectivity index (χ4v) is 1.57. The van der Waals surface area contributed by atoms with E-state index in [4.69, 9.17) is 5.11 Å². The summed E-state index contributed by atoms with van der Waals surface area (Å²) in [5, 5.41) is 26.3. The molecule has 98 valence electrons. The quantitative estimate of drug-likeness (QED) is 0.641. The van der Waals surface area contributed by atoms with Gasteiger partial charge >= 0.3 is 11.7 Å². The molecular formula is C11H10N4O4. The Morgan fingerprint density at radius 3 is 2.89 bits per heavy atom. The maximum atomic E-state index is 10.8. The number of benzene rings is 1. The summed E-state index contributed by atoms with van der Waals surface area (Å²) in [4.78, 5) is 21.1. The maximum Gasteiger partial charge on any atom is 0.335 e. The number of hydrogen-bond donors (Lipinski definition) is 2. The summed E-state index contributed by atoms with van der Waals surface area (Å²) in [5.41, 5.74) is 0.327. The van der Waals surface area contributed by atoms with Gasteiger partial charge in [0.15, 0.2) is 0 Å². The number of carboxylic acids is 1. The highest BCUT2D eigenvalue weighted by Crippen LogP contribution is 2.25. The van der Waals surface area contributed by atoms with E-state index in [9.17, 15) is 14.9 Å². The second-order valence-electron chi connectivity index (χ2n) is 3.80. The van der Waals surface area contributed by atoms with Crippen molar-refractivity contribution < 1.29 is 14.8 Å². The SMILES string of the molecule is Cn1cc([N+](=O)[O-])c(Nc2cccc(C(=O)O)c2)n1. The number of carbonyl (C=O) groups is 1. The molecule has 2 N–H and O–H groups in total. The lowest BCUT2D eigenvalue weighted by Gasteiger charge is -2.03. The molecule has 1 aromatic heterocycles. The number of nitrogens with one attached hydrogen (secondary N) is 1. The van der Waals surface area contributed by atoms with Gasteiger partial charge in [-0.3, -0.25) is 14.8 Å². The molecule has 8 nitrogen and oxygen atoms in total. The standard InChI is InChI=1S/C11H10N4O4/c1-14-6-9(15(18)19)10(13-14)12-8-4-2-3-7(5-8)11(16)17/h2-6H,1H3,(H,12,13)(H,16,17). The predicted octanol–water partition coefficient (Wildman–Crippen LogP) is 1.77. The van der Waals surface area contributed by atoms with E-state index in [-0.39, 0.29) is 17.1 Å². The largest absolute Gasteiger partial charge is 0.478 e. The molecule has 0 spiro atoms. The summed E-state index contributed by atoms with van der Waals surface area (Å²) in [7, 11) is 1.56. The van der Waals surface area contributed by atoms with Gasteiger partial charge in [-0.1, -0.05) is 6.07 Å². The minimum Gasteiger partial charge on any atom is -0.478 e. The Kier molecular flexibility index (Phi) is 3.15. The van der Waals surface area contributed by atoms with Gasteiger partial charge in [0.25, 0.3) is 0 Å². The molecule has 0 bridgehead atoms. The molecule has 2 aromatic rings. The molecule has 0 radical (unpaired) electrons. The molecule has 0 fully saturated rings. The first-order chi connectivity index (χ1) is 8.97. The van der Waals surface area contributed by atoms with Crippen molar-refractivity contribution in [1.29, 1.82) is 0 Å². The van der Waals surface area contributed by atoms with Gasteiger partial charge in [0, 0.05) is 12.7 Å². The van der Waals surface area contributed by atoms with Crippen molar-refractivity contribution in [3.63, 3.8) is 0 Å². The van der Waals surface area contributed by atoms with Crippen LogP contribution in [0.1, 0.15) is 10.4 Å². The smallest absolute Gasteiger partial charge is 0.335 e. The van der Waals surface area contributed by atoms with Crippen LogP contribution >= 0.6 is 0 Å². The minimum atomic E-state index is -1.07. The van der Waals surface area contributed by atoms with Crippen molar-refractivity contribution in [2.24, 2.45) is 7.05 Å². The number of nitro groups is 1. The summed E-state index contributed by atoms with van der Waals surface area (Å²) in [6, 6.07) is 5.95. The van der Waals surface area contributed by atoms with E-state index in [1.54, 1.807) is 19.2 Å². The Morgan fingerprint density at radius 2 is 2.26 bits per heavy atom. The van der Waals surface area contributed by atoms with Crippen molar-refractivity contribution in [1.82, 2.24) is 9.78 Å². The zero-order chi connectivity index (χ0) is 14.0. The molecule has 0 saturated heterocycles. The van der Waals surface area contributed by atoms with Gasteiger partial charge in [-0.05, 0) is 18.2 Å². The summed E-state index contributed by atoms with van der Waals surface area (Å²) >= 11 is 0. The third-order valence-electron chi connectivity index (χ3n) is 2.38. The van der Waals surface area contributed by atoms with Gasteiger partial charge < -0.3 is 10.4 Å². The fraction of sp³-hybridized carbons (Fsp3) is 0.0909. The summed E-state index contributed by atoms with van der Waals surface area (Å²) in [6.07, 6.45) is 1.27. The van der Waals surface area contributed by atoms with Crippen LogP contribution in [0.4, 0.5) is 17.2 Å². The molecule has 0 aliphatic heterocycles. The number of aryl methyl sites for hydroxylation is 1. The van der Waals surface area contributed by atoms with Crippen molar-refractivity contribution in [2.45, 2.75) is 0 Å². The molecule has 1 aromatic carbocycles. The van der Waals surface area contributed by atoms with Crippen molar-refractivity contribution in [2.75, 3.05) is 5.32 Å². The Morgan fingerprint density at radius 1 is 1.53 bits per heavy atom. The molecule has 0 atom stereocenters. The van der Waals surface area contributed by atoms with Gasteiger partial charge in [0.2, 0.25) is 5.82 Å². The van der Waals surface area contributed by atoms with Crippen molar-refractivity contribution in [3.8, 4) is 0 Å². The van der Waals surface area contributed by atoms with Gasteiger partial charge in [-0.25, -0.2) is 4.79 Å². The van der Waals surface area contributed by atoms with Crippen LogP contribution in [0, 0.1) is 10.1 Å². The molecule has 1 heterocycles. The highest BCUT2D eigenvalue weighted by atomic mass is 16.6. The van der Waals surface area contributed by atoms with Crippen LogP contribution in [-0.2, 0) is 7.05 Å². The van der Waals surface area contributed by atoms with Gasteiger partial charge in [0.1, 0.15) is 6.20 Å². The topological polar surface area (TPSA) is 110 Å². The molecule has 0 aliphatic carbocycles. The van der Waals surface area contributed by atoms with Crippen molar-refractivity contribution >= 4 is 23.2 Å². The van der Waals surface area contributed by atoms with Crippen LogP contribution < -0.4 is 5.32 Å². The Labute approximate surface area is 107 Å². The number of carboxylic acid groups (broad SMARTS) is 1. The first kappa shape index (κ1) is 12.6. The molecule has 0 amide bonds. The molecule has 0 aliphatic rings. The normalized spacial score (nSPS) is 10.2. The maximum absolute atomic E-state index is 10.8. The summed E-state index contributed by atoms with van der Waals surface area (Å²) < 4.78 is 1.31. The van der Waals surface area contributed by atoms with E-state index in [1.165, 1.54) is 23.0 Å². The third-order valence-corrected chi connectivity index (χ3v) is 2.38. The predicted molar refractivity (Wildman–Crippen MR) is 66.5 cm³/mol. The zero-order valence-corrected chi connectivity index (χ0v) is 9.90. The number of anilines is 2. The fourth-order valence-electron chi connectivity index (χ4n) is 1.57. The van der Waals surface area contributed by atoms with Gasteiger partial charge in [-0.2, -0.15) is 0 Å². The number of aromatic nitrogens is 2. The number of aromatic carboxylic acids is 1. The van der Waals surface area contributed by atoms with E-state index in [1.807, 2.05) is 0 Å². The molecular weight excluding hydrogens is 252 g/mol. The average molecular weight is 262 g/mol. The van der Waals surface area contributed by atoms with Crippen LogP contribution in [0.5, 0.6) is 0 Å². The first-order valence-electron chi connectivity index (χ1n) is 5.26. The van der Waals surface area contributed by atoms with Crippen LogP contribution in [-0.4, -0.2) is 25.8 Å². The Hall–Kier alpha value is -2.90. The lowest BCUT2D eigenvalue weighted by atomic mass is 10.2. The minimum absolute atomic E-state index is 0.0649. The van der Waals surface area contributed by atoms with E-state index < -0.39 is 10.9 Å². The van der Waals surface area contributed by atoms with E-state index in [0.29, 0.717) is 5.69 Å². The van der Waals surface area contributed by atoms with E-state index >= 15 is 0 Å². The number of hydrogen-bond acceptors (Lipinski definition) is 5. The van der Waals surface area contributed by atoms with Crippen molar-refractivity contribution in [3.05, 3.63) is 46.1 Å². The molecule has 0 unspecified atom stereocenters. The summed E-state index contributed by atoms with van der Waals surface area (Å²) in [5.74, 6) is -1.01. The van der Waals surface area contributed by atoms with Crippen LogP contribution in [0.3, 0.4) is 0 Å². The lowest BCUT2D eigenvalue weighted by Crippen LogP contribution is -1.99.